The first-order valence-corrected chi connectivity index (χ1v) is 16.9. The van der Waals surface area contributed by atoms with Gasteiger partial charge in [-0.2, -0.15) is 12.8 Å². The van der Waals surface area contributed by atoms with Gasteiger partial charge in [-0.15, -0.1) is 10.8 Å². The van der Waals surface area contributed by atoms with Crippen LogP contribution in [0.25, 0.3) is 0 Å². The number of Topliss-reactive ketones (excluding diaryl/α,β-unsaturated/α-hetero) is 1. The maximum atomic E-state index is 12.6. The minimum Gasteiger partial charge on any atom is -0.431 e. The van der Waals surface area contributed by atoms with E-state index in [1.54, 1.807) is 0 Å². The van der Waals surface area contributed by atoms with Crippen molar-refractivity contribution in [3.05, 3.63) is 35.5 Å². The topological polar surface area (TPSA) is 130 Å². The van der Waals surface area contributed by atoms with Crippen molar-refractivity contribution < 1.29 is 105 Å². The number of carbonyl (C=O) groups is 3. The Balaban J connectivity index is 0.000000174. The molecule has 0 amide bonds. The standard InChI is InChI=1S/C18H25O4.C18H23O4.2Y/c2*1-17-7-3-4-10(17)15-11(5-8-17)18(2)9-6-12(19)14(20)13(18)16(21)22-15;;/h7,11-14,19-20H,3-6,8-9H2,1-2H3;7,11,13-14,20H,3-6,8-9H2,1-2H3;;/q2*-1;;. The van der Waals surface area contributed by atoms with Crippen molar-refractivity contribution in [1.29, 1.82) is 0 Å². The number of esters is 2. The molecule has 6 aliphatic carbocycles. The average Bonchev–Trinajstić information content (AvgIpc) is 3.56. The van der Waals surface area contributed by atoms with E-state index in [0.717, 1.165) is 69.3 Å². The van der Waals surface area contributed by atoms with Crippen LogP contribution in [0.5, 0.6) is 0 Å². The summed E-state index contributed by atoms with van der Waals surface area (Å²) in [5, 5.41) is 30.6. The molecule has 0 aromatic rings. The van der Waals surface area contributed by atoms with E-state index in [0.29, 0.717) is 19.3 Å². The molecule has 8 nitrogen and oxygen atoms in total. The van der Waals surface area contributed by atoms with E-state index < -0.39 is 36.1 Å². The Morgan fingerprint density at radius 3 is 1.65 bits per heavy atom. The summed E-state index contributed by atoms with van der Waals surface area (Å²) >= 11 is 0. The Morgan fingerprint density at radius 1 is 0.652 bits per heavy atom. The third-order valence-corrected chi connectivity index (χ3v) is 13.7. The second-order valence-electron chi connectivity index (χ2n) is 16.0. The van der Waals surface area contributed by atoms with Crippen LogP contribution in [0, 0.1) is 58.2 Å². The van der Waals surface area contributed by atoms with Crippen molar-refractivity contribution >= 4 is 17.7 Å². The number of hydrogen-bond donors (Lipinski definition) is 3. The Bertz CT molecular complexity index is 1360. The molecule has 8 rings (SSSR count). The molecule has 2 saturated heterocycles. The van der Waals surface area contributed by atoms with Gasteiger partial charge >= 0.3 is 11.9 Å². The van der Waals surface area contributed by atoms with E-state index >= 15 is 0 Å². The molecule has 0 bridgehead atoms. The number of rotatable bonds is 0. The zero-order valence-electron chi connectivity index (χ0n) is 27.7. The van der Waals surface area contributed by atoms with E-state index in [-0.39, 0.29) is 111 Å². The fourth-order valence-corrected chi connectivity index (χ4v) is 10.9. The monoisotopic (exact) mass is 786 g/mol. The van der Waals surface area contributed by atoms with Crippen LogP contribution in [0.3, 0.4) is 0 Å². The molecule has 248 valence electrons. The number of ether oxygens (including phenoxy) is 2. The van der Waals surface area contributed by atoms with Crippen molar-refractivity contribution in [2.24, 2.45) is 45.3 Å². The second-order valence-corrected chi connectivity index (χ2v) is 16.0. The average molecular weight is 787 g/mol. The zero-order chi connectivity index (χ0) is 31.4. The third kappa shape index (κ3) is 5.52. The predicted octanol–water partition coefficient (Wildman–Crippen LogP) is 4.90. The first kappa shape index (κ1) is 37.4. The van der Waals surface area contributed by atoms with Crippen LogP contribution in [-0.4, -0.2) is 51.4 Å². The number of ketones is 1. The summed E-state index contributed by atoms with van der Waals surface area (Å²) in [6.07, 6.45) is 12.3. The minimum absolute atomic E-state index is 0. The molecule has 6 fully saturated rings. The Kier molecular flexibility index (Phi) is 10.6. The number of fused-ring (bicyclic) bond motifs is 8. The SMILES string of the molecule is CC12[CH-]CCC1=C1OC(=O)C3C(O)C(=O)CCC3(C)C1CC2.CC12[CH-]CCC1=C1OC(=O)C3C(O)C(O)CCC3(C)C1CC2.[Y].[Y]. The number of hydrogen-bond acceptors (Lipinski definition) is 8. The predicted molar refractivity (Wildman–Crippen MR) is 160 cm³/mol. The molecule has 2 heterocycles. The second kappa shape index (κ2) is 13.1. The molecule has 2 radical (unpaired) electrons. The van der Waals surface area contributed by atoms with Gasteiger partial charge in [0.05, 0.1) is 24.0 Å². The van der Waals surface area contributed by atoms with Crippen LogP contribution in [0.2, 0.25) is 0 Å². The molecular formula is C36H48O8Y2-2. The molecule has 4 saturated carbocycles. The van der Waals surface area contributed by atoms with Gasteiger partial charge in [0, 0.05) is 83.7 Å². The molecule has 0 aromatic heterocycles. The van der Waals surface area contributed by atoms with Gasteiger partial charge in [0.1, 0.15) is 17.6 Å². The quantitative estimate of drug-likeness (QED) is 0.234. The molecule has 10 heteroatoms. The van der Waals surface area contributed by atoms with Gasteiger partial charge in [-0.1, -0.05) is 64.5 Å². The van der Waals surface area contributed by atoms with Crippen molar-refractivity contribution in [2.75, 3.05) is 0 Å². The molecule has 0 aromatic carbocycles. The summed E-state index contributed by atoms with van der Waals surface area (Å²) in [4.78, 5) is 37.0. The Morgan fingerprint density at radius 2 is 1.13 bits per heavy atom. The summed E-state index contributed by atoms with van der Waals surface area (Å²) in [5.74, 6) is -0.132. The fourth-order valence-electron chi connectivity index (χ4n) is 10.9. The molecule has 3 N–H and O–H groups in total. The number of allylic oxidation sites excluding steroid dienone is 4. The molecule has 0 spiro atoms. The number of carbonyl (C=O) groups excluding carboxylic acids is 3. The molecule has 2 aliphatic heterocycles. The Labute approximate surface area is 323 Å². The first-order valence-electron chi connectivity index (χ1n) is 16.9. The van der Waals surface area contributed by atoms with Gasteiger partial charge < -0.3 is 37.6 Å². The van der Waals surface area contributed by atoms with Gasteiger partial charge in [0.15, 0.2) is 5.78 Å². The summed E-state index contributed by atoms with van der Waals surface area (Å²) in [6.45, 7) is 8.67. The van der Waals surface area contributed by atoms with Gasteiger partial charge in [0.2, 0.25) is 0 Å². The van der Waals surface area contributed by atoms with Crippen LogP contribution >= 0.6 is 0 Å². The van der Waals surface area contributed by atoms with Crippen LogP contribution in [0.1, 0.15) is 105 Å². The summed E-state index contributed by atoms with van der Waals surface area (Å²) in [5.41, 5.74) is 2.09. The van der Waals surface area contributed by atoms with Crippen LogP contribution in [0.15, 0.2) is 22.7 Å². The van der Waals surface area contributed by atoms with Gasteiger partial charge in [0.25, 0.3) is 0 Å². The van der Waals surface area contributed by atoms with Crippen LogP contribution in [0.4, 0.5) is 0 Å². The van der Waals surface area contributed by atoms with Crippen molar-refractivity contribution in [3.63, 3.8) is 0 Å². The molecule has 11 atom stereocenters. The smallest absolute Gasteiger partial charge is 0.317 e. The number of aliphatic hydroxyl groups is 3. The van der Waals surface area contributed by atoms with E-state index in [9.17, 15) is 29.7 Å². The first-order chi connectivity index (χ1) is 20.7. The van der Waals surface area contributed by atoms with E-state index in [1.165, 1.54) is 11.1 Å². The van der Waals surface area contributed by atoms with Crippen molar-refractivity contribution in [2.45, 2.75) is 123 Å². The maximum Gasteiger partial charge on any atom is 0.317 e. The molecule has 11 unspecified atom stereocenters. The van der Waals surface area contributed by atoms with E-state index in [4.69, 9.17) is 9.47 Å². The Hall–Kier alpha value is 0.178. The number of aliphatic hydroxyl groups excluding tert-OH is 3. The van der Waals surface area contributed by atoms with Gasteiger partial charge in [-0.3, -0.25) is 14.4 Å². The summed E-state index contributed by atoms with van der Waals surface area (Å²) in [6, 6.07) is 0. The van der Waals surface area contributed by atoms with E-state index in [2.05, 4.69) is 40.5 Å². The van der Waals surface area contributed by atoms with Crippen molar-refractivity contribution in [1.82, 2.24) is 0 Å². The van der Waals surface area contributed by atoms with Crippen LogP contribution < -0.4 is 0 Å². The molecular weight excluding hydrogens is 738 g/mol. The third-order valence-electron chi connectivity index (χ3n) is 13.7. The van der Waals surface area contributed by atoms with Crippen molar-refractivity contribution in [3.8, 4) is 0 Å². The molecule has 8 aliphatic rings. The minimum atomic E-state index is -1.19. The van der Waals surface area contributed by atoms with Gasteiger partial charge in [-0.05, 0) is 42.9 Å². The fraction of sp³-hybridized carbons (Fsp3) is 0.750. The maximum absolute atomic E-state index is 12.6. The summed E-state index contributed by atoms with van der Waals surface area (Å²) < 4.78 is 11.5. The molecule has 46 heavy (non-hydrogen) atoms. The largest absolute Gasteiger partial charge is 0.431 e. The van der Waals surface area contributed by atoms with Gasteiger partial charge in [-0.25, -0.2) is 0 Å². The van der Waals surface area contributed by atoms with Crippen LogP contribution in [-0.2, 0) is 89.3 Å². The zero-order valence-corrected chi connectivity index (χ0v) is 33.4. The summed E-state index contributed by atoms with van der Waals surface area (Å²) in [7, 11) is 0. The normalized spacial score (nSPS) is 47.2. The van der Waals surface area contributed by atoms with E-state index in [1.807, 2.05) is 0 Å².